The summed E-state index contributed by atoms with van der Waals surface area (Å²) >= 11 is 0. The first-order valence-corrected chi connectivity index (χ1v) is 3.65. The number of aromatic nitrogens is 1. The molecule has 0 aromatic carbocycles. The Morgan fingerprint density at radius 2 is 2.38 bits per heavy atom. The van der Waals surface area contributed by atoms with Crippen LogP contribution in [0.15, 0.2) is 10.6 Å². The highest BCUT2D eigenvalue weighted by atomic mass is 16.5. The van der Waals surface area contributed by atoms with Crippen molar-refractivity contribution in [2.75, 3.05) is 0 Å². The monoisotopic (exact) mass is 185 g/mol. The van der Waals surface area contributed by atoms with Crippen molar-refractivity contribution in [3.63, 3.8) is 0 Å². The molecule has 0 saturated heterocycles. The molecule has 6 heteroatoms. The molecule has 0 radical (unpaired) electrons. The minimum Gasteiger partial charge on any atom is -0.382 e. The van der Waals surface area contributed by atoms with Crippen molar-refractivity contribution in [3.05, 3.63) is 17.5 Å². The maximum absolute atomic E-state index is 10.9. The lowest BCUT2D eigenvalue weighted by molar-refractivity contribution is 0.0474. The zero-order valence-corrected chi connectivity index (χ0v) is 7.37. The van der Waals surface area contributed by atoms with Crippen molar-refractivity contribution >= 4 is 5.91 Å². The Hall–Kier alpha value is -1.40. The smallest absolute Gasteiger partial charge is 0.287 e. The number of aliphatic hydroxyl groups is 1. The predicted octanol–water partition coefficient (Wildman–Crippen LogP) is -0.495. The van der Waals surface area contributed by atoms with Gasteiger partial charge in [-0.1, -0.05) is 5.16 Å². The number of hydrogen-bond donors (Lipinski definition) is 3. The third-order valence-electron chi connectivity index (χ3n) is 1.48. The second-order valence-electron chi connectivity index (χ2n) is 3.11. The summed E-state index contributed by atoms with van der Waals surface area (Å²) in [4.78, 5) is 10.9. The average Bonchev–Trinajstić information content (AvgIpc) is 2.50. The Balaban J connectivity index is 2.93. The van der Waals surface area contributed by atoms with E-state index in [0.29, 0.717) is 0 Å². The first-order valence-electron chi connectivity index (χ1n) is 3.65. The van der Waals surface area contributed by atoms with E-state index in [0.717, 1.165) is 0 Å². The molecule has 1 rings (SSSR count). The molecule has 0 bridgehead atoms. The molecule has 0 spiro atoms. The van der Waals surface area contributed by atoms with Gasteiger partial charge >= 0.3 is 0 Å². The molecule has 0 aliphatic rings. The number of nitrogens with zero attached hydrogens (tertiary/aromatic N) is 1. The molecular formula is C7H11N3O3. The second-order valence-corrected chi connectivity index (χ2v) is 3.11. The summed E-state index contributed by atoms with van der Waals surface area (Å²) in [6, 6.07) is 1.34. The molecule has 1 aromatic rings. The van der Waals surface area contributed by atoms with Gasteiger partial charge < -0.3 is 9.63 Å². The number of hydrogen-bond acceptors (Lipinski definition) is 5. The molecule has 1 heterocycles. The molecule has 4 N–H and O–H groups in total. The fourth-order valence-electron chi connectivity index (χ4n) is 0.744. The van der Waals surface area contributed by atoms with E-state index in [4.69, 9.17) is 10.4 Å². The normalized spacial score (nSPS) is 11.4. The summed E-state index contributed by atoms with van der Waals surface area (Å²) in [5.41, 5.74) is 0.792. The molecule has 0 atom stereocenters. The van der Waals surface area contributed by atoms with Gasteiger partial charge in [0.1, 0.15) is 5.60 Å². The number of hydrazine groups is 1. The number of nitrogen functional groups attached to an aromatic ring is 1. The SMILES string of the molecule is CC(C)(O)c1cc(C(=O)NN)no1. The topological polar surface area (TPSA) is 101 Å². The lowest BCUT2D eigenvalue weighted by Crippen LogP contribution is -2.30. The van der Waals surface area contributed by atoms with E-state index in [-0.39, 0.29) is 11.5 Å². The van der Waals surface area contributed by atoms with Crippen molar-refractivity contribution in [1.29, 1.82) is 0 Å². The number of amides is 1. The summed E-state index contributed by atoms with van der Waals surface area (Å²) in [5.74, 6) is 4.54. The van der Waals surface area contributed by atoms with Gasteiger partial charge in [0.05, 0.1) is 0 Å². The van der Waals surface area contributed by atoms with Crippen LogP contribution in [0.2, 0.25) is 0 Å². The predicted molar refractivity (Wildman–Crippen MR) is 43.4 cm³/mol. The molecule has 13 heavy (non-hydrogen) atoms. The second kappa shape index (κ2) is 3.15. The van der Waals surface area contributed by atoms with Gasteiger partial charge in [-0.05, 0) is 13.8 Å². The summed E-state index contributed by atoms with van der Waals surface area (Å²) in [6.07, 6.45) is 0. The van der Waals surface area contributed by atoms with Crippen LogP contribution in [0.5, 0.6) is 0 Å². The highest BCUT2D eigenvalue weighted by Crippen LogP contribution is 2.19. The van der Waals surface area contributed by atoms with Gasteiger partial charge in [0, 0.05) is 6.07 Å². The number of nitrogens with one attached hydrogen (secondary N) is 1. The van der Waals surface area contributed by atoms with Crippen LogP contribution >= 0.6 is 0 Å². The molecule has 0 aliphatic carbocycles. The number of rotatable bonds is 2. The van der Waals surface area contributed by atoms with Crippen molar-refractivity contribution in [2.24, 2.45) is 5.84 Å². The maximum Gasteiger partial charge on any atom is 0.287 e. The summed E-state index contributed by atoms with van der Waals surface area (Å²) < 4.78 is 4.74. The largest absolute Gasteiger partial charge is 0.382 e. The van der Waals surface area contributed by atoms with Crippen LogP contribution in [-0.2, 0) is 5.60 Å². The van der Waals surface area contributed by atoms with Crippen LogP contribution < -0.4 is 11.3 Å². The quantitative estimate of drug-likeness (QED) is 0.327. The zero-order valence-electron chi connectivity index (χ0n) is 7.37. The van der Waals surface area contributed by atoms with Crippen LogP contribution in [-0.4, -0.2) is 16.2 Å². The Morgan fingerprint density at radius 1 is 1.77 bits per heavy atom. The molecule has 1 aromatic heterocycles. The summed E-state index contributed by atoms with van der Waals surface area (Å²) in [6.45, 7) is 3.05. The van der Waals surface area contributed by atoms with Gasteiger partial charge in [-0.25, -0.2) is 5.84 Å². The van der Waals surface area contributed by atoms with Gasteiger partial charge in [0.25, 0.3) is 5.91 Å². The minimum atomic E-state index is -1.15. The minimum absolute atomic E-state index is 0.0413. The Labute approximate surface area is 74.7 Å². The number of carbonyl (C=O) groups excluding carboxylic acids is 1. The zero-order chi connectivity index (χ0) is 10.1. The molecule has 0 aliphatic heterocycles. The van der Waals surface area contributed by atoms with E-state index in [9.17, 15) is 9.90 Å². The Morgan fingerprint density at radius 3 is 2.77 bits per heavy atom. The van der Waals surface area contributed by atoms with E-state index in [1.165, 1.54) is 19.9 Å². The average molecular weight is 185 g/mol. The van der Waals surface area contributed by atoms with E-state index < -0.39 is 11.5 Å². The van der Waals surface area contributed by atoms with Crippen molar-refractivity contribution < 1.29 is 14.4 Å². The van der Waals surface area contributed by atoms with Crippen LogP contribution in [0.3, 0.4) is 0 Å². The maximum atomic E-state index is 10.9. The van der Waals surface area contributed by atoms with Crippen LogP contribution in [0.25, 0.3) is 0 Å². The Kier molecular flexibility index (Phi) is 2.35. The van der Waals surface area contributed by atoms with Crippen LogP contribution in [0, 0.1) is 0 Å². The molecule has 6 nitrogen and oxygen atoms in total. The van der Waals surface area contributed by atoms with Gasteiger partial charge in [-0.3, -0.25) is 10.2 Å². The number of carbonyl (C=O) groups is 1. The molecule has 72 valence electrons. The molecule has 0 unspecified atom stereocenters. The summed E-state index contributed by atoms with van der Waals surface area (Å²) in [7, 11) is 0. The van der Waals surface area contributed by atoms with Gasteiger partial charge in [0.2, 0.25) is 0 Å². The molecule has 0 saturated carbocycles. The van der Waals surface area contributed by atoms with E-state index in [1.54, 1.807) is 0 Å². The summed E-state index contributed by atoms with van der Waals surface area (Å²) in [5, 5.41) is 12.9. The van der Waals surface area contributed by atoms with E-state index in [1.807, 2.05) is 5.43 Å². The molecule has 0 fully saturated rings. The van der Waals surface area contributed by atoms with Gasteiger partial charge in [-0.2, -0.15) is 0 Å². The third kappa shape index (κ3) is 2.04. The van der Waals surface area contributed by atoms with Crippen molar-refractivity contribution in [3.8, 4) is 0 Å². The van der Waals surface area contributed by atoms with E-state index in [2.05, 4.69) is 5.16 Å². The highest BCUT2D eigenvalue weighted by molar-refractivity contribution is 5.91. The lowest BCUT2D eigenvalue weighted by Gasteiger charge is -2.10. The van der Waals surface area contributed by atoms with Crippen LogP contribution in [0.1, 0.15) is 30.1 Å². The fraction of sp³-hybridized carbons (Fsp3) is 0.429. The van der Waals surface area contributed by atoms with Crippen molar-refractivity contribution in [2.45, 2.75) is 19.4 Å². The third-order valence-corrected chi connectivity index (χ3v) is 1.48. The lowest BCUT2D eigenvalue weighted by atomic mass is 10.1. The van der Waals surface area contributed by atoms with E-state index >= 15 is 0 Å². The molecule has 1 amide bonds. The standard InChI is InChI=1S/C7H11N3O3/c1-7(2,12)5-3-4(10-13-5)6(11)9-8/h3,12H,8H2,1-2H3,(H,9,11). The molecular weight excluding hydrogens is 174 g/mol. The number of nitrogens with two attached hydrogens (primary N) is 1. The Bertz CT molecular complexity index is 313. The first kappa shape index (κ1) is 9.69. The van der Waals surface area contributed by atoms with Gasteiger partial charge in [-0.15, -0.1) is 0 Å². The van der Waals surface area contributed by atoms with Crippen LogP contribution in [0.4, 0.5) is 0 Å². The first-order chi connectivity index (χ1) is 5.95. The van der Waals surface area contributed by atoms with Crippen molar-refractivity contribution in [1.82, 2.24) is 10.6 Å². The highest BCUT2D eigenvalue weighted by Gasteiger charge is 2.23. The fourth-order valence-corrected chi connectivity index (χ4v) is 0.744. The van der Waals surface area contributed by atoms with Gasteiger partial charge in [0.15, 0.2) is 11.5 Å².